The smallest absolute Gasteiger partial charge is 0.227 e. The minimum Gasteiger partial charge on any atom is -0.361 e. The molecule has 1 N–H and O–H groups in total. The summed E-state index contributed by atoms with van der Waals surface area (Å²) in [5.74, 6) is 0.612. The van der Waals surface area contributed by atoms with E-state index in [0.29, 0.717) is 36.8 Å². The van der Waals surface area contributed by atoms with Gasteiger partial charge in [-0.3, -0.25) is 9.59 Å². The number of anilines is 1. The van der Waals surface area contributed by atoms with E-state index in [1.165, 1.54) is 18.3 Å². The van der Waals surface area contributed by atoms with Crippen molar-refractivity contribution in [3.8, 4) is 0 Å². The van der Waals surface area contributed by atoms with Gasteiger partial charge < -0.3 is 14.7 Å². The molecule has 3 heterocycles. The van der Waals surface area contributed by atoms with E-state index in [4.69, 9.17) is 4.52 Å². The molecule has 2 aromatic heterocycles. The molecule has 0 saturated carbocycles. The second kappa shape index (κ2) is 6.11. The van der Waals surface area contributed by atoms with Crippen molar-refractivity contribution in [2.24, 2.45) is 0 Å². The van der Waals surface area contributed by atoms with Crippen molar-refractivity contribution in [1.29, 1.82) is 0 Å². The fourth-order valence-electron chi connectivity index (χ4n) is 2.63. The van der Waals surface area contributed by atoms with Crippen molar-refractivity contribution in [2.75, 3.05) is 11.9 Å². The Hall–Kier alpha value is -2.22. The molecule has 0 radical (unpaired) electrons. The fourth-order valence-corrected chi connectivity index (χ4v) is 3.70. The molecular weight excluding hydrogens is 316 g/mol. The summed E-state index contributed by atoms with van der Waals surface area (Å²) in [5, 5.41) is 7.19. The number of carbonyl (C=O) groups excluding carboxylic acids is 2. The van der Waals surface area contributed by atoms with Gasteiger partial charge in [0.05, 0.1) is 24.4 Å². The zero-order valence-electron chi connectivity index (χ0n) is 13.3. The van der Waals surface area contributed by atoms with Gasteiger partial charge in [-0.1, -0.05) is 16.5 Å². The number of nitrogens with zero attached hydrogens (tertiary/aromatic N) is 3. The molecular formula is C15H18N4O3S. The van der Waals surface area contributed by atoms with Crippen molar-refractivity contribution in [1.82, 2.24) is 15.0 Å². The first-order chi connectivity index (χ1) is 10.9. The quantitative estimate of drug-likeness (QED) is 0.925. The van der Waals surface area contributed by atoms with Gasteiger partial charge in [-0.15, -0.1) is 0 Å². The zero-order chi connectivity index (χ0) is 16.6. The second-order valence-electron chi connectivity index (χ2n) is 5.61. The maximum absolute atomic E-state index is 12.5. The molecule has 122 valence electrons. The van der Waals surface area contributed by atoms with Crippen LogP contribution in [0.3, 0.4) is 0 Å². The average Bonchev–Trinajstić information content (AvgIpc) is 3.02. The number of thiazole rings is 1. The fraction of sp³-hybridized carbons (Fsp3) is 0.467. The van der Waals surface area contributed by atoms with Gasteiger partial charge in [-0.2, -0.15) is 0 Å². The Labute approximate surface area is 137 Å². The summed E-state index contributed by atoms with van der Waals surface area (Å²) in [6.45, 7) is 6.29. The molecule has 8 heteroatoms. The van der Waals surface area contributed by atoms with Crippen LogP contribution in [0, 0.1) is 13.8 Å². The third-order valence-electron chi connectivity index (χ3n) is 3.88. The first-order valence-corrected chi connectivity index (χ1v) is 8.21. The number of nitrogens with one attached hydrogen (secondary N) is 1. The lowest BCUT2D eigenvalue weighted by atomic mass is 10.1. The van der Waals surface area contributed by atoms with E-state index in [9.17, 15) is 9.59 Å². The molecule has 2 aromatic rings. The van der Waals surface area contributed by atoms with Gasteiger partial charge in [0.25, 0.3) is 0 Å². The number of hydrogen-bond acceptors (Lipinski definition) is 6. The number of fused-ring (bicyclic) bond motifs is 1. The van der Waals surface area contributed by atoms with E-state index >= 15 is 0 Å². The maximum Gasteiger partial charge on any atom is 0.227 e. The molecule has 0 atom stereocenters. The summed E-state index contributed by atoms with van der Waals surface area (Å²) in [5.41, 5.74) is 2.60. The Morgan fingerprint density at radius 1 is 1.39 bits per heavy atom. The summed E-state index contributed by atoms with van der Waals surface area (Å²) < 4.78 is 5.11. The Kier molecular flexibility index (Phi) is 4.16. The monoisotopic (exact) mass is 334 g/mol. The minimum absolute atomic E-state index is 0.0551. The van der Waals surface area contributed by atoms with Gasteiger partial charge in [0.1, 0.15) is 5.76 Å². The Balaban J connectivity index is 1.70. The molecule has 7 nitrogen and oxygen atoms in total. The summed E-state index contributed by atoms with van der Waals surface area (Å²) in [6, 6.07) is 0. The third kappa shape index (κ3) is 3.26. The van der Waals surface area contributed by atoms with E-state index in [0.717, 1.165) is 21.8 Å². The molecule has 0 fully saturated rings. The van der Waals surface area contributed by atoms with E-state index in [1.807, 2.05) is 18.7 Å². The summed E-state index contributed by atoms with van der Waals surface area (Å²) in [7, 11) is 0. The SMILES string of the molecule is CC(=O)Nc1nc2c(s1)CN(C(=O)Cc1c(C)noc1C)CC2. The van der Waals surface area contributed by atoms with Crippen molar-refractivity contribution in [3.05, 3.63) is 27.6 Å². The highest BCUT2D eigenvalue weighted by Gasteiger charge is 2.25. The predicted molar refractivity (Wildman–Crippen MR) is 85.2 cm³/mol. The van der Waals surface area contributed by atoms with Crippen LogP contribution in [0.2, 0.25) is 0 Å². The lowest BCUT2D eigenvalue weighted by molar-refractivity contribution is -0.131. The van der Waals surface area contributed by atoms with E-state index in [-0.39, 0.29) is 11.8 Å². The third-order valence-corrected chi connectivity index (χ3v) is 4.87. The first-order valence-electron chi connectivity index (χ1n) is 7.39. The predicted octanol–water partition coefficient (Wildman–Crippen LogP) is 1.83. The van der Waals surface area contributed by atoms with Crippen LogP contribution in [0.15, 0.2) is 4.52 Å². The van der Waals surface area contributed by atoms with Crippen LogP contribution in [0.25, 0.3) is 0 Å². The van der Waals surface area contributed by atoms with Gasteiger partial charge in [0.2, 0.25) is 11.8 Å². The first kappa shape index (κ1) is 15.7. The number of aryl methyl sites for hydroxylation is 2. The Bertz CT molecular complexity index is 745. The molecule has 0 unspecified atom stereocenters. The number of hydrogen-bond donors (Lipinski definition) is 1. The summed E-state index contributed by atoms with van der Waals surface area (Å²) >= 11 is 1.43. The van der Waals surface area contributed by atoms with Crippen LogP contribution in [-0.4, -0.2) is 33.4 Å². The van der Waals surface area contributed by atoms with Gasteiger partial charge in [-0.05, 0) is 13.8 Å². The lowest BCUT2D eigenvalue weighted by Crippen LogP contribution is -2.36. The summed E-state index contributed by atoms with van der Waals surface area (Å²) in [6.07, 6.45) is 1.01. The van der Waals surface area contributed by atoms with Crippen LogP contribution in [-0.2, 0) is 29.0 Å². The number of amides is 2. The topological polar surface area (TPSA) is 88.3 Å². The van der Waals surface area contributed by atoms with E-state index < -0.39 is 0 Å². The van der Waals surface area contributed by atoms with Crippen LogP contribution in [0.5, 0.6) is 0 Å². The van der Waals surface area contributed by atoms with Gasteiger partial charge in [0.15, 0.2) is 5.13 Å². The minimum atomic E-state index is -0.137. The molecule has 0 aliphatic carbocycles. The molecule has 2 amide bonds. The van der Waals surface area contributed by atoms with Gasteiger partial charge in [-0.25, -0.2) is 4.98 Å². The summed E-state index contributed by atoms with van der Waals surface area (Å²) in [4.78, 5) is 30.9. The van der Waals surface area contributed by atoms with Crippen LogP contribution < -0.4 is 5.32 Å². The van der Waals surface area contributed by atoms with Crippen LogP contribution in [0.4, 0.5) is 5.13 Å². The Morgan fingerprint density at radius 2 is 2.17 bits per heavy atom. The molecule has 1 aliphatic rings. The van der Waals surface area contributed by atoms with E-state index in [2.05, 4.69) is 15.5 Å². The van der Waals surface area contributed by atoms with Crippen LogP contribution in [0.1, 0.15) is 34.5 Å². The lowest BCUT2D eigenvalue weighted by Gasteiger charge is -2.26. The standard InChI is InChI=1S/C15H18N4O3S/c1-8-11(9(2)22-18-8)6-14(21)19-5-4-12-13(7-19)23-15(17-12)16-10(3)20/h4-7H2,1-3H3,(H,16,17,20). The maximum atomic E-state index is 12.5. The normalized spacial score (nSPS) is 13.8. The van der Waals surface area contributed by atoms with Gasteiger partial charge in [0, 0.05) is 30.3 Å². The Morgan fingerprint density at radius 3 is 2.83 bits per heavy atom. The van der Waals surface area contributed by atoms with Crippen molar-refractivity contribution < 1.29 is 14.1 Å². The molecule has 1 aliphatic heterocycles. The molecule has 23 heavy (non-hydrogen) atoms. The molecule has 0 bridgehead atoms. The van der Waals surface area contributed by atoms with Crippen LogP contribution >= 0.6 is 11.3 Å². The van der Waals surface area contributed by atoms with E-state index in [1.54, 1.807) is 0 Å². The highest BCUT2D eigenvalue weighted by molar-refractivity contribution is 7.15. The molecule has 0 spiro atoms. The molecule has 3 rings (SSSR count). The number of carbonyl (C=O) groups is 2. The highest BCUT2D eigenvalue weighted by atomic mass is 32.1. The molecule has 0 saturated heterocycles. The zero-order valence-corrected chi connectivity index (χ0v) is 14.1. The molecule has 0 aromatic carbocycles. The largest absolute Gasteiger partial charge is 0.361 e. The average molecular weight is 334 g/mol. The second-order valence-corrected chi connectivity index (χ2v) is 6.70. The highest BCUT2D eigenvalue weighted by Crippen LogP contribution is 2.28. The van der Waals surface area contributed by atoms with Crippen molar-refractivity contribution in [3.63, 3.8) is 0 Å². The van der Waals surface area contributed by atoms with Crippen molar-refractivity contribution in [2.45, 2.75) is 40.2 Å². The number of aromatic nitrogens is 2. The van der Waals surface area contributed by atoms with Crippen molar-refractivity contribution >= 4 is 28.3 Å². The number of rotatable bonds is 3. The van der Waals surface area contributed by atoms with Gasteiger partial charge >= 0.3 is 0 Å².